The van der Waals surface area contributed by atoms with Crippen LogP contribution in [0.3, 0.4) is 0 Å². The number of benzene rings is 1. The zero-order valence-electron chi connectivity index (χ0n) is 7.21. The number of fused-ring (bicyclic) bond motifs is 2. The SMILES string of the molecule is CC1Sc2ccccc2C12CC2. The molecule has 0 amide bonds. The molecule has 1 aromatic carbocycles. The Kier molecular flexibility index (Phi) is 1.22. The fourth-order valence-corrected chi connectivity index (χ4v) is 3.84. The number of hydrogen-bond acceptors (Lipinski definition) is 1. The summed E-state index contributed by atoms with van der Waals surface area (Å²) in [5, 5.41) is 0.815. The molecular formula is C11H12S. The lowest BCUT2D eigenvalue weighted by Crippen LogP contribution is -2.13. The first-order chi connectivity index (χ1) is 5.83. The van der Waals surface area contributed by atoms with Crippen molar-refractivity contribution in [3.8, 4) is 0 Å². The van der Waals surface area contributed by atoms with Gasteiger partial charge in [0.2, 0.25) is 0 Å². The zero-order chi connectivity index (χ0) is 8.18. The summed E-state index contributed by atoms with van der Waals surface area (Å²) in [6, 6.07) is 8.92. The van der Waals surface area contributed by atoms with E-state index in [4.69, 9.17) is 0 Å². The van der Waals surface area contributed by atoms with Gasteiger partial charge in [0, 0.05) is 15.6 Å². The molecule has 1 aromatic rings. The van der Waals surface area contributed by atoms with E-state index < -0.39 is 0 Å². The Morgan fingerprint density at radius 1 is 1.33 bits per heavy atom. The average Bonchev–Trinajstić information content (AvgIpc) is 2.80. The van der Waals surface area contributed by atoms with E-state index in [-0.39, 0.29) is 0 Å². The van der Waals surface area contributed by atoms with Crippen molar-refractivity contribution in [3.63, 3.8) is 0 Å². The van der Waals surface area contributed by atoms with Crippen LogP contribution in [-0.4, -0.2) is 5.25 Å². The van der Waals surface area contributed by atoms with Crippen LogP contribution < -0.4 is 0 Å². The molecule has 0 radical (unpaired) electrons. The van der Waals surface area contributed by atoms with Gasteiger partial charge >= 0.3 is 0 Å². The molecule has 12 heavy (non-hydrogen) atoms. The van der Waals surface area contributed by atoms with Crippen LogP contribution in [0.5, 0.6) is 0 Å². The van der Waals surface area contributed by atoms with Gasteiger partial charge in [0.25, 0.3) is 0 Å². The van der Waals surface area contributed by atoms with Gasteiger partial charge in [-0.3, -0.25) is 0 Å². The summed E-state index contributed by atoms with van der Waals surface area (Å²) >= 11 is 2.06. The third-order valence-electron chi connectivity index (χ3n) is 3.29. The maximum atomic E-state index is 2.37. The van der Waals surface area contributed by atoms with Gasteiger partial charge in [-0.15, -0.1) is 11.8 Å². The normalized spacial score (nSPS) is 28.9. The van der Waals surface area contributed by atoms with Crippen LogP contribution >= 0.6 is 11.8 Å². The van der Waals surface area contributed by atoms with Gasteiger partial charge in [0.05, 0.1) is 0 Å². The first-order valence-corrected chi connectivity index (χ1v) is 5.47. The Morgan fingerprint density at radius 2 is 2.08 bits per heavy atom. The monoisotopic (exact) mass is 176 g/mol. The van der Waals surface area contributed by atoms with E-state index in [1.165, 1.54) is 17.7 Å². The third kappa shape index (κ3) is 0.705. The van der Waals surface area contributed by atoms with E-state index in [0.29, 0.717) is 5.41 Å². The Hall–Kier alpha value is -0.430. The predicted octanol–water partition coefficient (Wildman–Crippen LogP) is 3.21. The summed E-state index contributed by atoms with van der Waals surface area (Å²) in [4.78, 5) is 1.53. The second kappa shape index (κ2) is 2.08. The van der Waals surface area contributed by atoms with Crippen LogP contribution in [0.25, 0.3) is 0 Å². The van der Waals surface area contributed by atoms with Crippen molar-refractivity contribution in [2.75, 3.05) is 0 Å². The topological polar surface area (TPSA) is 0 Å². The van der Waals surface area contributed by atoms with Crippen molar-refractivity contribution >= 4 is 11.8 Å². The van der Waals surface area contributed by atoms with E-state index in [2.05, 4.69) is 43.0 Å². The summed E-state index contributed by atoms with van der Waals surface area (Å²) in [7, 11) is 0. The van der Waals surface area contributed by atoms with E-state index in [1.807, 2.05) is 0 Å². The zero-order valence-corrected chi connectivity index (χ0v) is 8.03. The molecule has 0 bridgehead atoms. The average molecular weight is 176 g/mol. The van der Waals surface area contributed by atoms with E-state index in [1.54, 1.807) is 5.56 Å². The van der Waals surface area contributed by atoms with Crippen molar-refractivity contribution in [1.29, 1.82) is 0 Å². The lowest BCUT2D eigenvalue weighted by molar-refractivity contribution is 0.691. The second-order valence-corrected chi connectivity index (χ2v) is 5.30. The number of rotatable bonds is 0. The van der Waals surface area contributed by atoms with Crippen molar-refractivity contribution in [2.45, 2.75) is 35.3 Å². The minimum Gasteiger partial charge on any atom is -0.122 e. The lowest BCUT2D eigenvalue weighted by atomic mass is 9.93. The summed E-state index contributed by atoms with van der Waals surface area (Å²) in [5.41, 5.74) is 2.23. The van der Waals surface area contributed by atoms with E-state index in [9.17, 15) is 0 Å². The van der Waals surface area contributed by atoms with Gasteiger partial charge in [-0.2, -0.15) is 0 Å². The minimum absolute atomic E-state index is 0.598. The highest BCUT2D eigenvalue weighted by molar-refractivity contribution is 8.00. The van der Waals surface area contributed by atoms with Gasteiger partial charge < -0.3 is 0 Å². The van der Waals surface area contributed by atoms with Crippen molar-refractivity contribution in [3.05, 3.63) is 29.8 Å². The molecule has 0 nitrogen and oxygen atoms in total. The van der Waals surface area contributed by atoms with Crippen LogP contribution in [0.4, 0.5) is 0 Å². The molecular weight excluding hydrogens is 164 g/mol. The van der Waals surface area contributed by atoms with Crippen LogP contribution in [0, 0.1) is 0 Å². The summed E-state index contributed by atoms with van der Waals surface area (Å²) in [6.45, 7) is 2.37. The number of hydrogen-bond donors (Lipinski definition) is 0. The van der Waals surface area contributed by atoms with Crippen molar-refractivity contribution in [1.82, 2.24) is 0 Å². The highest BCUT2D eigenvalue weighted by Gasteiger charge is 2.53. The molecule has 1 heteroatoms. The summed E-state index contributed by atoms with van der Waals surface area (Å²) in [5.74, 6) is 0. The number of thioether (sulfide) groups is 1. The van der Waals surface area contributed by atoms with Crippen LogP contribution in [0.1, 0.15) is 25.3 Å². The first kappa shape index (κ1) is 7.02. The molecule has 1 fully saturated rings. The molecule has 1 atom stereocenters. The second-order valence-electron chi connectivity index (χ2n) is 3.91. The molecule has 1 aliphatic heterocycles. The first-order valence-electron chi connectivity index (χ1n) is 4.59. The van der Waals surface area contributed by atoms with Gasteiger partial charge in [-0.25, -0.2) is 0 Å². The molecule has 0 N–H and O–H groups in total. The highest BCUT2D eigenvalue weighted by atomic mass is 32.2. The maximum absolute atomic E-state index is 2.37. The highest BCUT2D eigenvalue weighted by Crippen LogP contribution is 2.62. The Bertz CT molecular complexity index is 326. The fourth-order valence-electron chi connectivity index (χ4n) is 2.31. The Labute approximate surface area is 77.4 Å². The smallest absolute Gasteiger partial charge is 0.0163 e. The van der Waals surface area contributed by atoms with Gasteiger partial charge in [-0.05, 0) is 24.5 Å². The van der Waals surface area contributed by atoms with Gasteiger partial charge in [0.1, 0.15) is 0 Å². The van der Waals surface area contributed by atoms with Crippen LogP contribution in [-0.2, 0) is 5.41 Å². The third-order valence-corrected chi connectivity index (χ3v) is 4.71. The van der Waals surface area contributed by atoms with Crippen molar-refractivity contribution < 1.29 is 0 Å². The Morgan fingerprint density at radius 3 is 2.83 bits per heavy atom. The van der Waals surface area contributed by atoms with Gasteiger partial charge in [-0.1, -0.05) is 25.1 Å². The van der Waals surface area contributed by atoms with Crippen LogP contribution in [0.15, 0.2) is 29.2 Å². The largest absolute Gasteiger partial charge is 0.122 e. The van der Waals surface area contributed by atoms with Crippen LogP contribution in [0.2, 0.25) is 0 Å². The van der Waals surface area contributed by atoms with Gasteiger partial charge in [0.15, 0.2) is 0 Å². The molecule has 62 valence electrons. The molecule has 3 rings (SSSR count). The van der Waals surface area contributed by atoms with E-state index >= 15 is 0 Å². The van der Waals surface area contributed by atoms with Crippen molar-refractivity contribution in [2.24, 2.45) is 0 Å². The molecule has 1 aliphatic carbocycles. The standard InChI is InChI=1S/C11H12S/c1-8-11(6-7-11)9-4-2-3-5-10(9)12-8/h2-5,8H,6-7H2,1H3. The predicted molar refractivity (Wildman–Crippen MR) is 52.7 cm³/mol. The molecule has 1 heterocycles. The summed E-state index contributed by atoms with van der Waals surface area (Å²) in [6.07, 6.45) is 2.83. The lowest BCUT2D eigenvalue weighted by Gasteiger charge is -2.11. The quantitative estimate of drug-likeness (QED) is 0.585. The minimum atomic E-state index is 0.598. The molecule has 1 spiro atoms. The molecule has 1 unspecified atom stereocenters. The fraction of sp³-hybridized carbons (Fsp3) is 0.455. The maximum Gasteiger partial charge on any atom is 0.0163 e. The molecule has 0 aromatic heterocycles. The summed E-state index contributed by atoms with van der Waals surface area (Å²) < 4.78 is 0. The molecule has 0 saturated heterocycles. The molecule has 2 aliphatic rings. The molecule has 1 saturated carbocycles. The Balaban J connectivity index is 2.19. The van der Waals surface area contributed by atoms with E-state index in [0.717, 1.165) is 5.25 Å².